The van der Waals surface area contributed by atoms with Crippen LogP contribution in [-0.2, 0) is 16.0 Å². The van der Waals surface area contributed by atoms with Gasteiger partial charge in [-0.25, -0.2) is 0 Å². The first-order valence-electron chi connectivity index (χ1n) is 8.38. The van der Waals surface area contributed by atoms with Gasteiger partial charge in [0.2, 0.25) is 0 Å². The molecule has 0 spiro atoms. The molecule has 0 aromatic heterocycles. The second-order valence-electron chi connectivity index (χ2n) is 6.50. The van der Waals surface area contributed by atoms with Crippen LogP contribution in [0.2, 0.25) is 0 Å². The minimum absolute atomic E-state index is 0.0761. The molecule has 2 nitrogen and oxygen atoms in total. The summed E-state index contributed by atoms with van der Waals surface area (Å²) in [5, 5.41) is 0. The van der Waals surface area contributed by atoms with Gasteiger partial charge in [0.15, 0.2) is 0 Å². The van der Waals surface area contributed by atoms with Crippen molar-refractivity contribution >= 4 is 21.9 Å². The van der Waals surface area contributed by atoms with E-state index < -0.39 is 0 Å². The number of hydrogen-bond donors (Lipinski definition) is 0. The summed E-state index contributed by atoms with van der Waals surface area (Å²) >= 11 is 3.66. The van der Waals surface area contributed by atoms with Gasteiger partial charge in [0.25, 0.3) is 0 Å². The fourth-order valence-electron chi connectivity index (χ4n) is 2.47. The topological polar surface area (TPSA) is 26.3 Å². The number of halogens is 1. The Morgan fingerprint density at radius 1 is 1.23 bits per heavy atom. The lowest BCUT2D eigenvalue weighted by molar-refractivity contribution is -0.144. The second kappa shape index (κ2) is 10.0. The Morgan fingerprint density at radius 2 is 1.95 bits per heavy atom. The van der Waals surface area contributed by atoms with E-state index in [4.69, 9.17) is 4.74 Å². The third kappa shape index (κ3) is 6.95. The Kier molecular flexibility index (Phi) is 8.77. The molecular weight excluding hydrogens is 340 g/mol. The maximum atomic E-state index is 11.7. The van der Waals surface area contributed by atoms with E-state index in [9.17, 15) is 4.79 Å². The highest BCUT2D eigenvalue weighted by Crippen LogP contribution is 2.27. The minimum atomic E-state index is -0.0761. The van der Waals surface area contributed by atoms with E-state index in [2.05, 4.69) is 61.8 Å². The summed E-state index contributed by atoms with van der Waals surface area (Å²) < 4.78 is 6.51. The van der Waals surface area contributed by atoms with Crippen molar-refractivity contribution in [2.45, 2.75) is 65.7 Å². The molecule has 124 valence electrons. The van der Waals surface area contributed by atoms with Gasteiger partial charge in [-0.3, -0.25) is 4.79 Å². The third-order valence-corrected chi connectivity index (χ3v) is 4.41. The van der Waals surface area contributed by atoms with Crippen LogP contribution in [-0.4, -0.2) is 12.6 Å². The number of carbonyl (C=O) groups excluding carboxylic acids is 1. The Morgan fingerprint density at radius 3 is 2.55 bits per heavy atom. The SMILES string of the molecule is CCCCCC(=O)OCC(C)c1ccc(CC(C)C)cc1Br. The number of carbonyl (C=O) groups is 1. The van der Waals surface area contributed by atoms with Gasteiger partial charge in [0.05, 0.1) is 6.61 Å². The standard InChI is InChI=1S/C19H29BrO2/c1-5-6-7-8-19(21)22-13-15(4)17-10-9-16(11-14(2)3)12-18(17)20/h9-10,12,14-15H,5-8,11,13H2,1-4H3. The van der Waals surface area contributed by atoms with E-state index in [1.807, 2.05) is 0 Å². The minimum Gasteiger partial charge on any atom is -0.465 e. The van der Waals surface area contributed by atoms with Crippen LogP contribution in [0.15, 0.2) is 22.7 Å². The Labute approximate surface area is 143 Å². The van der Waals surface area contributed by atoms with Crippen molar-refractivity contribution in [1.29, 1.82) is 0 Å². The average molecular weight is 369 g/mol. The summed E-state index contributed by atoms with van der Waals surface area (Å²) in [7, 11) is 0. The summed E-state index contributed by atoms with van der Waals surface area (Å²) in [4.78, 5) is 11.7. The monoisotopic (exact) mass is 368 g/mol. The van der Waals surface area contributed by atoms with Crippen molar-refractivity contribution in [2.24, 2.45) is 5.92 Å². The Hall–Kier alpha value is -0.830. The smallest absolute Gasteiger partial charge is 0.305 e. The first kappa shape index (κ1) is 19.2. The van der Waals surface area contributed by atoms with E-state index in [0.717, 1.165) is 30.2 Å². The van der Waals surface area contributed by atoms with Crippen LogP contribution in [0, 0.1) is 5.92 Å². The molecule has 0 saturated carbocycles. The molecule has 3 heteroatoms. The molecule has 0 saturated heterocycles. The molecule has 0 aliphatic heterocycles. The number of unbranched alkanes of at least 4 members (excludes halogenated alkanes) is 2. The van der Waals surface area contributed by atoms with Crippen molar-refractivity contribution in [1.82, 2.24) is 0 Å². The van der Waals surface area contributed by atoms with Gasteiger partial charge in [0.1, 0.15) is 0 Å². The molecule has 1 aromatic rings. The summed E-state index contributed by atoms with van der Waals surface area (Å²) in [6.07, 6.45) is 4.76. The third-order valence-electron chi connectivity index (χ3n) is 3.72. The fraction of sp³-hybridized carbons (Fsp3) is 0.632. The number of rotatable bonds is 9. The van der Waals surface area contributed by atoms with E-state index in [1.165, 1.54) is 11.1 Å². The zero-order valence-electron chi connectivity index (χ0n) is 14.3. The van der Waals surface area contributed by atoms with Gasteiger partial charge in [-0.05, 0) is 36.0 Å². The van der Waals surface area contributed by atoms with Gasteiger partial charge in [-0.15, -0.1) is 0 Å². The van der Waals surface area contributed by atoms with Gasteiger partial charge in [-0.2, -0.15) is 0 Å². The summed E-state index contributed by atoms with van der Waals surface area (Å²) in [5.41, 5.74) is 2.54. The van der Waals surface area contributed by atoms with Crippen LogP contribution in [0.25, 0.3) is 0 Å². The highest BCUT2D eigenvalue weighted by molar-refractivity contribution is 9.10. The summed E-state index contributed by atoms with van der Waals surface area (Å²) in [5.74, 6) is 0.782. The van der Waals surface area contributed by atoms with Gasteiger partial charge in [0, 0.05) is 16.8 Å². The molecule has 0 bridgehead atoms. The molecule has 0 radical (unpaired) electrons. The molecule has 1 unspecified atom stereocenters. The van der Waals surface area contributed by atoms with Crippen LogP contribution >= 0.6 is 15.9 Å². The maximum absolute atomic E-state index is 11.7. The van der Waals surface area contributed by atoms with Crippen LogP contribution in [0.5, 0.6) is 0 Å². The Bertz CT molecular complexity index is 469. The lowest BCUT2D eigenvalue weighted by Gasteiger charge is -2.16. The molecule has 1 atom stereocenters. The van der Waals surface area contributed by atoms with Crippen molar-refractivity contribution in [2.75, 3.05) is 6.61 Å². The molecule has 0 N–H and O–H groups in total. The number of benzene rings is 1. The van der Waals surface area contributed by atoms with Crippen LogP contribution in [0.4, 0.5) is 0 Å². The molecule has 22 heavy (non-hydrogen) atoms. The van der Waals surface area contributed by atoms with Crippen LogP contribution in [0.3, 0.4) is 0 Å². The quantitative estimate of drug-likeness (QED) is 0.402. The highest BCUT2D eigenvalue weighted by Gasteiger charge is 2.13. The normalized spacial score (nSPS) is 12.5. The lowest BCUT2D eigenvalue weighted by atomic mass is 9.97. The number of ether oxygens (including phenoxy) is 1. The fourth-order valence-corrected chi connectivity index (χ4v) is 3.28. The van der Waals surface area contributed by atoms with Gasteiger partial charge < -0.3 is 4.74 Å². The van der Waals surface area contributed by atoms with Crippen LogP contribution in [0.1, 0.15) is 70.4 Å². The van der Waals surface area contributed by atoms with Crippen molar-refractivity contribution in [3.05, 3.63) is 33.8 Å². The Balaban J connectivity index is 2.51. The summed E-state index contributed by atoms with van der Waals surface area (Å²) in [6, 6.07) is 6.52. The van der Waals surface area contributed by atoms with Crippen LogP contribution < -0.4 is 0 Å². The molecule has 0 aliphatic rings. The number of hydrogen-bond acceptors (Lipinski definition) is 2. The van der Waals surface area contributed by atoms with Gasteiger partial charge >= 0.3 is 5.97 Å². The largest absolute Gasteiger partial charge is 0.465 e. The molecular formula is C19H29BrO2. The molecule has 0 heterocycles. The lowest BCUT2D eigenvalue weighted by Crippen LogP contribution is -2.11. The zero-order chi connectivity index (χ0) is 16.5. The predicted octanol–water partition coefficient (Wildman–Crippen LogP) is 5.87. The van der Waals surface area contributed by atoms with E-state index in [-0.39, 0.29) is 11.9 Å². The summed E-state index contributed by atoms with van der Waals surface area (Å²) in [6.45, 7) is 9.13. The first-order chi connectivity index (χ1) is 10.4. The maximum Gasteiger partial charge on any atom is 0.305 e. The molecule has 0 fully saturated rings. The second-order valence-corrected chi connectivity index (χ2v) is 7.35. The van der Waals surface area contributed by atoms with Crippen molar-refractivity contribution in [3.8, 4) is 0 Å². The van der Waals surface area contributed by atoms with Gasteiger partial charge in [-0.1, -0.05) is 68.6 Å². The molecule has 1 rings (SSSR count). The zero-order valence-corrected chi connectivity index (χ0v) is 15.9. The number of esters is 1. The van der Waals surface area contributed by atoms with Crippen molar-refractivity contribution < 1.29 is 9.53 Å². The molecule has 0 amide bonds. The predicted molar refractivity (Wildman–Crippen MR) is 96.2 cm³/mol. The van der Waals surface area contributed by atoms with Crippen molar-refractivity contribution in [3.63, 3.8) is 0 Å². The highest BCUT2D eigenvalue weighted by atomic mass is 79.9. The van der Waals surface area contributed by atoms with E-state index in [1.54, 1.807) is 0 Å². The molecule has 1 aromatic carbocycles. The molecule has 0 aliphatic carbocycles. The average Bonchev–Trinajstić information content (AvgIpc) is 2.44. The first-order valence-corrected chi connectivity index (χ1v) is 9.17. The van der Waals surface area contributed by atoms with E-state index >= 15 is 0 Å². The van der Waals surface area contributed by atoms with E-state index in [0.29, 0.717) is 18.9 Å².